The number of aliphatic hydroxyl groups is 1. The number of hydrogen-bond donors (Lipinski definition) is 2. The van der Waals surface area contributed by atoms with Gasteiger partial charge in [0, 0.05) is 16.6 Å². The molecule has 0 saturated carbocycles. The smallest absolute Gasteiger partial charge is 0.260 e. The molecule has 1 fully saturated rings. The van der Waals surface area contributed by atoms with Crippen molar-refractivity contribution < 1.29 is 9.63 Å². The molecular weight excluding hydrogens is 310 g/mol. The van der Waals surface area contributed by atoms with E-state index in [4.69, 9.17) is 4.52 Å². The number of halogens is 1. The van der Waals surface area contributed by atoms with E-state index < -0.39 is 5.60 Å². The van der Waals surface area contributed by atoms with Crippen molar-refractivity contribution in [2.75, 3.05) is 13.1 Å². The second-order valence-electron chi connectivity index (χ2n) is 4.71. The van der Waals surface area contributed by atoms with Crippen LogP contribution in [0.4, 0.5) is 0 Å². The first-order chi connectivity index (χ1) is 9.19. The number of rotatable bonds is 2. The normalized spacial score (nSPS) is 23.5. The summed E-state index contributed by atoms with van der Waals surface area (Å²) in [5.41, 5.74) is -0.199. The Hall–Kier alpha value is -1.24. The van der Waals surface area contributed by atoms with Crippen molar-refractivity contribution in [2.45, 2.75) is 18.4 Å². The number of aromatic nitrogens is 2. The molecule has 1 aromatic heterocycles. The van der Waals surface area contributed by atoms with E-state index in [1.54, 1.807) is 0 Å². The van der Waals surface area contributed by atoms with Crippen LogP contribution < -0.4 is 5.32 Å². The Bertz CT molecular complexity index is 579. The van der Waals surface area contributed by atoms with Crippen LogP contribution in [0.25, 0.3) is 11.4 Å². The van der Waals surface area contributed by atoms with Crippen LogP contribution in [0, 0.1) is 0 Å². The SMILES string of the molecule is OC1(c2nc(-c3ccccc3Br)no2)CCCNC1. The van der Waals surface area contributed by atoms with Crippen LogP contribution in [0.15, 0.2) is 33.3 Å². The van der Waals surface area contributed by atoms with E-state index in [1.807, 2.05) is 24.3 Å². The summed E-state index contributed by atoms with van der Waals surface area (Å²) in [6, 6.07) is 7.66. The quantitative estimate of drug-likeness (QED) is 0.885. The van der Waals surface area contributed by atoms with Crippen molar-refractivity contribution in [1.82, 2.24) is 15.5 Å². The van der Waals surface area contributed by atoms with E-state index in [1.165, 1.54) is 0 Å². The van der Waals surface area contributed by atoms with E-state index in [9.17, 15) is 5.11 Å². The van der Waals surface area contributed by atoms with Crippen LogP contribution in [0.2, 0.25) is 0 Å². The Morgan fingerprint density at radius 1 is 1.37 bits per heavy atom. The summed E-state index contributed by atoms with van der Waals surface area (Å²) < 4.78 is 6.14. The lowest BCUT2D eigenvalue weighted by molar-refractivity contribution is -0.0167. The molecule has 0 radical (unpaired) electrons. The first-order valence-corrected chi connectivity index (χ1v) is 7.00. The average molecular weight is 324 g/mol. The summed E-state index contributed by atoms with van der Waals surface area (Å²) in [5, 5.41) is 17.6. The lowest BCUT2D eigenvalue weighted by Gasteiger charge is -2.28. The maximum Gasteiger partial charge on any atom is 0.260 e. The van der Waals surface area contributed by atoms with Crippen molar-refractivity contribution in [3.63, 3.8) is 0 Å². The highest BCUT2D eigenvalue weighted by atomic mass is 79.9. The molecule has 5 nitrogen and oxygen atoms in total. The minimum atomic E-state index is -1.05. The van der Waals surface area contributed by atoms with E-state index in [2.05, 4.69) is 31.4 Å². The maximum absolute atomic E-state index is 10.5. The Kier molecular flexibility index (Phi) is 3.38. The zero-order valence-electron chi connectivity index (χ0n) is 10.3. The van der Waals surface area contributed by atoms with Crippen molar-refractivity contribution >= 4 is 15.9 Å². The summed E-state index contributed by atoms with van der Waals surface area (Å²) in [5.74, 6) is 0.770. The van der Waals surface area contributed by atoms with E-state index in [0.29, 0.717) is 18.8 Å². The van der Waals surface area contributed by atoms with Gasteiger partial charge in [0.15, 0.2) is 5.60 Å². The number of β-amino-alcohol motifs (C(OH)–C–C–N with tert-alkyl or cyclic N) is 1. The van der Waals surface area contributed by atoms with Crippen LogP contribution in [0.3, 0.4) is 0 Å². The zero-order chi connectivity index (χ0) is 13.3. The molecule has 19 heavy (non-hydrogen) atoms. The van der Waals surface area contributed by atoms with Crippen molar-refractivity contribution in [2.24, 2.45) is 0 Å². The molecule has 0 spiro atoms. The van der Waals surface area contributed by atoms with Crippen LogP contribution in [-0.4, -0.2) is 28.3 Å². The molecule has 1 saturated heterocycles. The number of benzene rings is 1. The second kappa shape index (κ2) is 5.03. The minimum absolute atomic E-state index is 0.283. The number of nitrogens with one attached hydrogen (secondary N) is 1. The Balaban J connectivity index is 1.93. The third kappa shape index (κ3) is 2.43. The lowest BCUT2D eigenvalue weighted by atomic mass is 9.94. The van der Waals surface area contributed by atoms with Gasteiger partial charge in [-0.2, -0.15) is 4.98 Å². The van der Waals surface area contributed by atoms with E-state index >= 15 is 0 Å². The molecule has 3 rings (SSSR count). The van der Waals surface area contributed by atoms with Gasteiger partial charge in [0.25, 0.3) is 5.89 Å². The fourth-order valence-corrected chi connectivity index (χ4v) is 2.70. The molecule has 100 valence electrons. The van der Waals surface area contributed by atoms with Crippen LogP contribution in [-0.2, 0) is 5.60 Å². The van der Waals surface area contributed by atoms with Gasteiger partial charge in [-0.25, -0.2) is 0 Å². The van der Waals surface area contributed by atoms with Gasteiger partial charge in [-0.1, -0.05) is 33.2 Å². The molecule has 2 N–H and O–H groups in total. The van der Waals surface area contributed by atoms with Gasteiger partial charge in [0.1, 0.15) is 0 Å². The van der Waals surface area contributed by atoms with Crippen LogP contribution >= 0.6 is 15.9 Å². The summed E-state index contributed by atoms with van der Waals surface area (Å²) >= 11 is 3.46. The van der Waals surface area contributed by atoms with Gasteiger partial charge >= 0.3 is 0 Å². The highest BCUT2D eigenvalue weighted by Crippen LogP contribution is 2.30. The van der Waals surface area contributed by atoms with Crippen molar-refractivity contribution in [3.8, 4) is 11.4 Å². The fraction of sp³-hybridized carbons (Fsp3) is 0.385. The first kappa shape index (κ1) is 12.8. The Morgan fingerprint density at radius 3 is 2.95 bits per heavy atom. The largest absolute Gasteiger partial charge is 0.379 e. The van der Waals surface area contributed by atoms with Crippen molar-refractivity contribution in [1.29, 1.82) is 0 Å². The monoisotopic (exact) mass is 323 g/mol. The Labute approximate surface area is 119 Å². The predicted molar refractivity (Wildman–Crippen MR) is 73.4 cm³/mol. The maximum atomic E-state index is 10.5. The first-order valence-electron chi connectivity index (χ1n) is 6.21. The molecule has 1 unspecified atom stereocenters. The van der Waals surface area contributed by atoms with Crippen LogP contribution in [0.5, 0.6) is 0 Å². The number of nitrogens with zero attached hydrogens (tertiary/aromatic N) is 2. The second-order valence-corrected chi connectivity index (χ2v) is 5.57. The molecule has 6 heteroatoms. The zero-order valence-corrected chi connectivity index (χ0v) is 11.9. The molecule has 1 aliphatic heterocycles. The van der Waals surface area contributed by atoms with Gasteiger partial charge < -0.3 is 14.9 Å². The third-order valence-electron chi connectivity index (χ3n) is 3.30. The van der Waals surface area contributed by atoms with Gasteiger partial charge in [-0.05, 0) is 31.5 Å². The molecule has 1 aliphatic rings. The predicted octanol–water partition coefficient (Wildman–Crippen LogP) is 2.07. The fourth-order valence-electron chi connectivity index (χ4n) is 2.24. The molecule has 2 heterocycles. The molecular formula is C13H14BrN3O2. The summed E-state index contributed by atoms with van der Waals surface area (Å²) in [6.07, 6.45) is 1.53. The molecule has 0 bridgehead atoms. The highest BCUT2D eigenvalue weighted by molar-refractivity contribution is 9.10. The Morgan fingerprint density at radius 2 is 2.21 bits per heavy atom. The minimum Gasteiger partial charge on any atom is -0.379 e. The topological polar surface area (TPSA) is 71.2 Å². The van der Waals surface area contributed by atoms with E-state index in [-0.39, 0.29) is 5.89 Å². The standard InChI is InChI=1S/C13H14BrN3O2/c14-10-5-2-1-4-9(10)11-16-12(19-17-11)13(18)6-3-7-15-8-13/h1-2,4-5,15,18H,3,6-8H2. The van der Waals surface area contributed by atoms with Crippen LogP contribution in [0.1, 0.15) is 18.7 Å². The highest BCUT2D eigenvalue weighted by Gasteiger charge is 2.37. The number of hydrogen-bond acceptors (Lipinski definition) is 5. The van der Waals surface area contributed by atoms with Gasteiger partial charge in [-0.3, -0.25) is 0 Å². The molecule has 2 aromatic rings. The summed E-state index contributed by atoms with van der Waals surface area (Å²) in [7, 11) is 0. The molecule has 1 atom stereocenters. The van der Waals surface area contributed by atoms with E-state index in [0.717, 1.165) is 23.0 Å². The molecule has 0 amide bonds. The van der Waals surface area contributed by atoms with Gasteiger partial charge in [-0.15, -0.1) is 0 Å². The van der Waals surface area contributed by atoms with Gasteiger partial charge in [0.05, 0.1) is 0 Å². The lowest BCUT2D eigenvalue weighted by Crippen LogP contribution is -2.43. The molecule has 1 aromatic carbocycles. The van der Waals surface area contributed by atoms with Gasteiger partial charge in [0.2, 0.25) is 5.82 Å². The number of piperidine rings is 1. The average Bonchev–Trinajstić information content (AvgIpc) is 2.90. The summed E-state index contributed by atoms with van der Waals surface area (Å²) in [4.78, 5) is 4.34. The summed E-state index contributed by atoms with van der Waals surface area (Å²) in [6.45, 7) is 1.36. The molecule has 0 aliphatic carbocycles. The third-order valence-corrected chi connectivity index (χ3v) is 3.99. The van der Waals surface area contributed by atoms with Crippen molar-refractivity contribution in [3.05, 3.63) is 34.6 Å².